The predicted octanol–water partition coefficient (Wildman–Crippen LogP) is 2.84. The lowest BCUT2D eigenvalue weighted by Crippen LogP contribution is -2.24. The van der Waals surface area contributed by atoms with Gasteiger partial charge in [0, 0.05) is 11.4 Å². The number of benzene rings is 2. The van der Waals surface area contributed by atoms with E-state index in [9.17, 15) is 4.79 Å². The van der Waals surface area contributed by atoms with Crippen molar-refractivity contribution in [1.82, 2.24) is 5.32 Å². The van der Waals surface area contributed by atoms with E-state index in [1.165, 1.54) is 0 Å². The number of thiol groups is 1. The molecule has 0 radical (unpaired) electrons. The van der Waals surface area contributed by atoms with Gasteiger partial charge in [-0.05, 0) is 35.4 Å². The topological polar surface area (TPSA) is 38.3 Å². The molecule has 2 aromatic carbocycles. The van der Waals surface area contributed by atoms with Crippen LogP contribution in [-0.2, 0) is 17.8 Å². The Morgan fingerprint density at radius 2 is 1.65 bits per heavy atom. The molecule has 0 saturated heterocycles. The molecule has 20 heavy (non-hydrogen) atoms. The molecule has 4 heteroatoms. The summed E-state index contributed by atoms with van der Waals surface area (Å²) in [6, 6.07) is 15.2. The van der Waals surface area contributed by atoms with Gasteiger partial charge in [-0.3, -0.25) is 4.79 Å². The normalized spacial score (nSPS) is 10.1. The quantitative estimate of drug-likeness (QED) is 0.830. The van der Waals surface area contributed by atoms with Gasteiger partial charge in [0.15, 0.2) is 0 Å². The smallest absolute Gasteiger partial charge is 0.224 e. The van der Waals surface area contributed by atoms with Crippen LogP contribution in [0, 0.1) is 0 Å². The molecule has 0 atom stereocenters. The largest absolute Gasteiger partial charge is 0.497 e. The highest BCUT2D eigenvalue weighted by Gasteiger charge is 2.03. The van der Waals surface area contributed by atoms with E-state index in [-0.39, 0.29) is 5.91 Å². The maximum Gasteiger partial charge on any atom is 0.224 e. The van der Waals surface area contributed by atoms with Crippen molar-refractivity contribution in [2.75, 3.05) is 7.11 Å². The second kappa shape index (κ2) is 7.01. The Kier molecular flexibility index (Phi) is 5.07. The zero-order chi connectivity index (χ0) is 14.4. The molecule has 1 amide bonds. The van der Waals surface area contributed by atoms with Crippen molar-refractivity contribution in [3.8, 4) is 5.75 Å². The molecule has 3 nitrogen and oxygen atoms in total. The van der Waals surface area contributed by atoms with Crippen molar-refractivity contribution < 1.29 is 9.53 Å². The minimum absolute atomic E-state index is 0.00716. The fraction of sp³-hybridized carbons (Fsp3) is 0.188. The Morgan fingerprint density at radius 1 is 1.05 bits per heavy atom. The number of amides is 1. The van der Waals surface area contributed by atoms with Crippen LogP contribution in [-0.4, -0.2) is 13.0 Å². The van der Waals surface area contributed by atoms with Crippen molar-refractivity contribution in [2.24, 2.45) is 0 Å². The minimum Gasteiger partial charge on any atom is -0.497 e. The molecule has 0 bridgehead atoms. The fourth-order valence-electron chi connectivity index (χ4n) is 1.81. The lowest BCUT2D eigenvalue weighted by Gasteiger charge is -2.06. The molecule has 0 saturated carbocycles. The van der Waals surface area contributed by atoms with E-state index < -0.39 is 0 Å². The first-order chi connectivity index (χ1) is 9.67. The third kappa shape index (κ3) is 4.31. The standard InChI is InChI=1S/C16H17NO2S/c1-19-14-6-2-13(3-7-14)11-17-16(18)10-12-4-8-15(20)9-5-12/h2-9,20H,10-11H2,1H3,(H,17,18). The monoisotopic (exact) mass is 287 g/mol. The summed E-state index contributed by atoms with van der Waals surface area (Å²) in [6.45, 7) is 0.521. The second-order valence-corrected chi connectivity index (χ2v) is 4.98. The van der Waals surface area contributed by atoms with E-state index in [2.05, 4.69) is 17.9 Å². The summed E-state index contributed by atoms with van der Waals surface area (Å²) in [5.74, 6) is 0.819. The zero-order valence-electron chi connectivity index (χ0n) is 11.3. The lowest BCUT2D eigenvalue weighted by molar-refractivity contribution is -0.120. The number of carbonyl (C=O) groups excluding carboxylic acids is 1. The molecular weight excluding hydrogens is 270 g/mol. The molecule has 0 aliphatic rings. The second-order valence-electron chi connectivity index (χ2n) is 4.47. The highest BCUT2D eigenvalue weighted by molar-refractivity contribution is 7.80. The molecule has 0 aliphatic carbocycles. The molecule has 0 aliphatic heterocycles. The first-order valence-corrected chi connectivity index (χ1v) is 6.79. The third-order valence-corrected chi connectivity index (χ3v) is 3.25. The average molecular weight is 287 g/mol. The molecular formula is C16H17NO2S. The summed E-state index contributed by atoms with van der Waals surface area (Å²) in [5.41, 5.74) is 2.03. The van der Waals surface area contributed by atoms with Gasteiger partial charge in [-0.2, -0.15) is 0 Å². The van der Waals surface area contributed by atoms with Crippen LogP contribution < -0.4 is 10.1 Å². The van der Waals surface area contributed by atoms with Gasteiger partial charge in [0.25, 0.3) is 0 Å². The SMILES string of the molecule is COc1ccc(CNC(=O)Cc2ccc(S)cc2)cc1. The van der Waals surface area contributed by atoms with Gasteiger partial charge in [-0.15, -0.1) is 12.6 Å². The number of ether oxygens (including phenoxy) is 1. The molecule has 0 aromatic heterocycles. The van der Waals surface area contributed by atoms with Gasteiger partial charge in [0.1, 0.15) is 5.75 Å². The van der Waals surface area contributed by atoms with Crippen LogP contribution in [0.2, 0.25) is 0 Å². The lowest BCUT2D eigenvalue weighted by atomic mass is 10.1. The van der Waals surface area contributed by atoms with Crippen molar-refractivity contribution >= 4 is 18.5 Å². The van der Waals surface area contributed by atoms with E-state index in [1.807, 2.05) is 48.5 Å². The first kappa shape index (κ1) is 14.5. The average Bonchev–Trinajstić information content (AvgIpc) is 2.48. The molecule has 0 heterocycles. The Hall–Kier alpha value is -1.94. The number of carbonyl (C=O) groups is 1. The van der Waals surface area contributed by atoms with Crippen molar-refractivity contribution in [1.29, 1.82) is 0 Å². The minimum atomic E-state index is 0.00716. The van der Waals surface area contributed by atoms with E-state index in [0.717, 1.165) is 21.8 Å². The van der Waals surface area contributed by atoms with Gasteiger partial charge in [0.05, 0.1) is 13.5 Å². The molecule has 0 unspecified atom stereocenters. The maximum atomic E-state index is 11.8. The number of nitrogens with one attached hydrogen (secondary N) is 1. The summed E-state index contributed by atoms with van der Waals surface area (Å²) >= 11 is 4.22. The zero-order valence-corrected chi connectivity index (χ0v) is 12.2. The van der Waals surface area contributed by atoms with E-state index in [1.54, 1.807) is 7.11 Å². The molecule has 0 fully saturated rings. The van der Waals surface area contributed by atoms with Crippen LogP contribution in [0.25, 0.3) is 0 Å². The number of hydrogen-bond acceptors (Lipinski definition) is 3. The van der Waals surface area contributed by atoms with Crippen molar-refractivity contribution in [3.05, 3.63) is 59.7 Å². The van der Waals surface area contributed by atoms with Crippen LogP contribution in [0.15, 0.2) is 53.4 Å². The molecule has 0 spiro atoms. The van der Waals surface area contributed by atoms with Gasteiger partial charge < -0.3 is 10.1 Å². The Balaban J connectivity index is 1.83. The fourth-order valence-corrected chi connectivity index (χ4v) is 1.95. The summed E-state index contributed by atoms with van der Waals surface area (Å²) in [7, 11) is 1.63. The first-order valence-electron chi connectivity index (χ1n) is 6.35. The Morgan fingerprint density at radius 3 is 2.25 bits per heavy atom. The number of hydrogen-bond donors (Lipinski definition) is 2. The number of rotatable bonds is 5. The van der Waals surface area contributed by atoms with Crippen LogP contribution in [0.3, 0.4) is 0 Å². The Labute approximate surface area is 124 Å². The van der Waals surface area contributed by atoms with Gasteiger partial charge in [0.2, 0.25) is 5.91 Å². The summed E-state index contributed by atoms with van der Waals surface area (Å²) in [4.78, 5) is 12.7. The highest BCUT2D eigenvalue weighted by atomic mass is 32.1. The van der Waals surface area contributed by atoms with Crippen molar-refractivity contribution in [2.45, 2.75) is 17.9 Å². The van der Waals surface area contributed by atoms with Crippen LogP contribution in [0.5, 0.6) is 5.75 Å². The van der Waals surface area contributed by atoms with Gasteiger partial charge >= 0.3 is 0 Å². The molecule has 2 rings (SSSR count). The highest BCUT2D eigenvalue weighted by Crippen LogP contribution is 2.11. The van der Waals surface area contributed by atoms with Crippen LogP contribution in [0.4, 0.5) is 0 Å². The molecule has 1 N–H and O–H groups in total. The third-order valence-electron chi connectivity index (χ3n) is 2.95. The predicted molar refractivity (Wildman–Crippen MR) is 82.2 cm³/mol. The van der Waals surface area contributed by atoms with E-state index in [0.29, 0.717) is 13.0 Å². The van der Waals surface area contributed by atoms with Gasteiger partial charge in [-0.1, -0.05) is 24.3 Å². The van der Waals surface area contributed by atoms with E-state index in [4.69, 9.17) is 4.74 Å². The van der Waals surface area contributed by atoms with E-state index >= 15 is 0 Å². The van der Waals surface area contributed by atoms with Gasteiger partial charge in [-0.25, -0.2) is 0 Å². The van der Waals surface area contributed by atoms with Crippen LogP contribution in [0.1, 0.15) is 11.1 Å². The summed E-state index contributed by atoms with van der Waals surface area (Å²) in [5, 5.41) is 2.90. The maximum absolute atomic E-state index is 11.8. The molecule has 104 valence electrons. The number of methoxy groups -OCH3 is 1. The van der Waals surface area contributed by atoms with Crippen LogP contribution >= 0.6 is 12.6 Å². The van der Waals surface area contributed by atoms with Crippen molar-refractivity contribution in [3.63, 3.8) is 0 Å². The summed E-state index contributed by atoms with van der Waals surface area (Å²) in [6.07, 6.45) is 0.379. The molecule has 2 aromatic rings. The summed E-state index contributed by atoms with van der Waals surface area (Å²) < 4.78 is 5.09. The Bertz CT molecular complexity index is 564.